The third kappa shape index (κ3) is 4.10. The molecule has 1 aliphatic heterocycles. The minimum Gasteiger partial charge on any atom is -0.347 e. The molecule has 5 heteroatoms. The third-order valence-electron chi connectivity index (χ3n) is 4.61. The molecular formula is C22H19Cl2N3. The summed E-state index contributed by atoms with van der Waals surface area (Å²) < 4.78 is 0. The minimum atomic E-state index is 0.186. The van der Waals surface area contributed by atoms with E-state index in [9.17, 15) is 0 Å². The van der Waals surface area contributed by atoms with Gasteiger partial charge in [0.05, 0.1) is 19.1 Å². The highest BCUT2D eigenvalue weighted by Crippen LogP contribution is 2.26. The highest BCUT2D eigenvalue weighted by Gasteiger charge is 2.29. The van der Waals surface area contributed by atoms with Crippen molar-refractivity contribution in [3.63, 3.8) is 0 Å². The summed E-state index contributed by atoms with van der Waals surface area (Å²) in [6.45, 7) is 1.31. The van der Waals surface area contributed by atoms with Crippen molar-refractivity contribution in [2.45, 2.75) is 12.6 Å². The number of anilines is 1. The van der Waals surface area contributed by atoms with Gasteiger partial charge >= 0.3 is 0 Å². The second-order valence-electron chi connectivity index (χ2n) is 6.43. The second-order valence-corrected chi connectivity index (χ2v) is 7.27. The molecule has 1 unspecified atom stereocenters. The van der Waals surface area contributed by atoms with Crippen molar-refractivity contribution >= 4 is 34.8 Å². The summed E-state index contributed by atoms with van der Waals surface area (Å²) >= 11 is 12.3. The molecule has 136 valence electrons. The van der Waals surface area contributed by atoms with Crippen LogP contribution >= 0.6 is 23.2 Å². The van der Waals surface area contributed by atoms with E-state index in [0.717, 1.165) is 23.8 Å². The monoisotopic (exact) mass is 395 g/mol. The van der Waals surface area contributed by atoms with Crippen LogP contribution in [-0.2, 0) is 6.54 Å². The summed E-state index contributed by atoms with van der Waals surface area (Å²) in [5, 5.41) is 4.83. The number of hydrogen-bond acceptors (Lipinski definition) is 1. The molecule has 0 bridgehead atoms. The molecule has 0 aliphatic carbocycles. The van der Waals surface area contributed by atoms with E-state index in [2.05, 4.69) is 46.6 Å². The van der Waals surface area contributed by atoms with E-state index in [0.29, 0.717) is 16.6 Å². The lowest BCUT2D eigenvalue weighted by Crippen LogP contribution is -2.30. The number of halogens is 2. The van der Waals surface area contributed by atoms with Crippen molar-refractivity contribution < 1.29 is 0 Å². The fraction of sp³-hybridized carbons (Fsp3) is 0.136. The largest absolute Gasteiger partial charge is 0.347 e. The maximum atomic E-state index is 6.31. The van der Waals surface area contributed by atoms with Gasteiger partial charge in [0.25, 0.3) is 0 Å². The van der Waals surface area contributed by atoms with Gasteiger partial charge in [-0.2, -0.15) is 0 Å². The van der Waals surface area contributed by atoms with Gasteiger partial charge in [0.2, 0.25) is 0 Å². The zero-order valence-electron chi connectivity index (χ0n) is 14.6. The molecule has 0 spiro atoms. The quantitative estimate of drug-likeness (QED) is 0.613. The first-order valence-corrected chi connectivity index (χ1v) is 9.59. The predicted octanol–water partition coefficient (Wildman–Crippen LogP) is 5.70. The van der Waals surface area contributed by atoms with Crippen LogP contribution < -0.4 is 10.2 Å². The summed E-state index contributed by atoms with van der Waals surface area (Å²) in [5.41, 5.74) is 3.31. The normalized spacial score (nSPS) is 17.9. The van der Waals surface area contributed by atoms with Crippen molar-refractivity contribution in [1.82, 2.24) is 5.32 Å². The van der Waals surface area contributed by atoms with Gasteiger partial charge in [-0.05, 0) is 35.4 Å². The third-order valence-corrected chi connectivity index (χ3v) is 5.20. The Hall–Kier alpha value is -2.49. The Kier molecular flexibility index (Phi) is 5.33. The number of nitrogens with zero attached hydrogens (tertiary/aromatic N) is 2. The molecule has 27 heavy (non-hydrogen) atoms. The van der Waals surface area contributed by atoms with E-state index in [1.54, 1.807) is 6.07 Å². The molecule has 1 heterocycles. The maximum Gasteiger partial charge on any atom is 0.199 e. The average molecular weight is 396 g/mol. The van der Waals surface area contributed by atoms with Crippen molar-refractivity contribution in [2.24, 2.45) is 4.99 Å². The first kappa shape index (κ1) is 17.9. The Morgan fingerprint density at radius 3 is 2.33 bits per heavy atom. The van der Waals surface area contributed by atoms with E-state index in [-0.39, 0.29) is 6.04 Å². The standard InChI is InChI=1S/C22H19Cl2N3/c23-18-12-11-17(20(24)13-18)14-25-22-26-21(16-7-3-1-4-8-16)15-27(22)19-9-5-2-6-10-19/h1-13,21H,14-15H2,(H,25,26). The number of nitrogens with one attached hydrogen (secondary N) is 1. The van der Waals surface area contributed by atoms with Crippen LogP contribution in [0.2, 0.25) is 10.0 Å². The molecule has 3 nitrogen and oxygen atoms in total. The average Bonchev–Trinajstić information content (AvgIpc) is 3.13. The molecule has 0 aromatic heterocycles. The SMILES string of the molecule is Clc1ccc(CN=C2NC(c3ccccc3)CN2c2ccccc2)c(Cl)c1. The first-order chi connectivity index (χ1) is 13.2. The molecule has 0 saturated carbocycles. The number of benzene rings is 3. The zero-order valence-corrected chi connectivity index (χ0v) is 16.2. The Labute approximate surface area is 169 Å². The Balaban J connectivity index is 1.63. The number of para-hydroxylation sites is 1. The molecule has 1 saturated heterocycles. The molecule has 1 fully saturated rings. The lowest BCUT2D eigenvalue weighted by molar-refractivity contribution is 0.720. The van der Waals surface area contributed by atoms with Gasteiger partial charge in [-0.15, -0.1) is 0 Å². The smallest absolute Gasteiger partial charge is 0.199 e. The van der Waals surface area contributed by atoms with Crippen LogP contribution in [0.25, 0.3) is 0 Å². The van der Waals surface area contributed by atoms with Gasteiger partial charge in [-0.1, -0.05) is 77.8 Å². The molecule has 4 rings (SSSR count). The molecule has 1 aliphatic rings. The summed E-state index contributed by atoms with van der Waals surface area (Å²) in [6.07, 6.45) is 0. The summed E-state index contributed by atoms with van der Waals surface area (Å²) in [7, 11) is 0. The van der Waals surface area contributed by atoms with Crippen LogP contribution in [0.5, 0.6) is 0 Å². The maximum absolute atomic E-state index is 6.31. The lowest BCUT2D eigenvalue weighted by atomic mass is 10.1. The highest BCUT2D eigenvalue weighted by molar-refractivity contribution is 6.35. The Bertz CT molecular complexity index is 942. The van der Waals surface area contributed by atoms with Gasteiger partial charge in [0, 0.05) is 15.7 Å². The van der Waals surface area contributed by atoms with E-state index < -0.39 is 0 Å². The van der Waals surface area contributed by atoms with E-state index >= 15 is 0 Å². The molecular weight excluding hydrogens is 377 g/mol. The Morgan fingerprint density at radius 1 is 0.926 bits per heavy atom. The van der Waals surface area contributed by atoms with Crippen LogP contribution in [0.3, 0.4) is 0 Å². The van der Waals surface area contributed by atoms with E-state index in [1.165, 1.54) is 5.56 Å². The topological polar surface area (TPSA) is 27.6 Å². The van der Waals surface area contributed by atoms with Crippen LogP contribution in [-0.4, -0.2) is 12.5 Å². The van der Waals surface area contributed by atoms with Gasteiger partial charge in [-0.3, -0.25) is 0 Å². The fourth-order valence-corrected chi connectivity index (χ4v) is 3.67. The number of guanidine groups is 1. The van der Waals surface area contributed by atoms with Gasteiger partial charge < -0.3 is 10.2 Å². The highest BCUT2D eigenvalue weighted by atomic mass is 35.5. The van der Waals surface area contributed by atoms with Crippen molar-refractivity contribution in [3.05, 3.63) is 100 Å². The minimum absolute atomic E-state index is 0.186. The molecule has 3 aromatic rings. The van der Waals surface area contributed by atoms with E-state index in [1.807, 2.05) is 36.4 Å². The Morgan fingerprint density at radius 2 is 1.63 bits per heavy atom. The number of aliphatic imine (C=N–C) groups is 1. The van der Waals surface area contributed by atoms with Crippen LogP contribution in [0, 0.1) is 0 Å². The van der Waals surface area contributed by atoms with E-state index in [4.69, 9.17) is 28.2 Å². The summed E-state index contributed by atoms with van der Waals surface area (Å²) in [4.78, 5) is 7.03. The van der Waals surface area contributed by atoms with Gasteiger partial charge in [-0.25, -0.2) is 4.99 Å². The number of hydrogen-bond donors (Lipinski definition) is 1. The first-order valence-electron chi connectivity index (χ1n) is 8.83. The molecule has 1 N–H and O–H groups in total. The van der Waals surface area contributed by atoms with Gasteiger partial charge in [0.1, 0.15) is 0 Å². The zero-order chi connectivity index (χ0) is 18.6. The second kappa shape index (κ2) is 8.03. The molecule has 0 amide bonds. The van der Waals surface area contributed by atoms with Crippen molar-refractivity contribution in [3.8, 4) is 0 Å². The molecule has 0 radical (unpaired) electrons. The van der Waals surface area contributed by atoms with Crippen LogP contribution in [0.4, 0.5) is 5.69 Å². The lowest BCUT2D eigenvalue weighted by Gasteiger charge is -2.17. The van der Waals surface area contributed by atoms with Crippen molar-refractivity contribution in [1.29, 1.82) is 0 Å². The van der Waals surface area contributed by atoms with Crippen LogP contribution in [0.1, 0.15) is 17.2 Å². The van der Waals surface area contributed by atoms with Crippen molar-refractivity contribution in [2.75, 3.05) is 11.4 Å². The fourth-order valence-electron chi connectivity index (χ4n) is 3.20. The molecule has 3 aromatic carbocycles. The number of rotatable bonds is 4. The van der Waals surface area contributed by atoms with Gasteiger partial charge in [0.15, 0.2) is 5.96 Å². The predicted molar refractivity (Wildman–Crippen MR) is 114 cm³/mol. The molecule has 1 atom stereocenters. The summed E-state index contributed by atoms with van der Waals surface area (Å²) in [6, 6.07) is 26.4. The summed E-state index contributed by atoms with van der Waals surface area (Å²) in [5.74, 6) is 0.848. The van der Waals surface area contributed by atoms with Crippen LogP contribution in [0.15, 0.2) is 83.9 Å².